The monoisotopic (exact) mass is 508 g/mol. The maximum atomic E-state index is 13.3. The Morgan fingerprint density at radius 2 is 1.86 bits per heavy atom. The van der Waals surface area contributed by atoms with Crippen molar-refractivity contribution in [3.8, 4) is 5.75 Å². The van der Waals surface area contributed by atoms with Crippen LogP contribution in [0, 0.1) is 0 Å². The first-order valence-electron chi connectivity index (χ1n) is 11.7. The molecule has 0 radical (unpaired) electrons. The van der Waals surface area contributed by atoms with Crippen LogP contribution >= 0.6 is 0 Å². The van der Waals surface area contributed by atoms with E-state index >= 15 is 0 Å². The van der Waals surface area contributed by atoms with Gasteiger partial charge in [-0.1, -0.05) is 18.2 Å². The molecular weight excluding hydrogens is 480 g/mol. The Kier molecular flexibility index (Phi) is 6.88. The molecule has 194 valence electrons. The van der Waals surface area contributed by atoms with Crippen molar-refractivity contribution in [2.75, 3.05) is 0 Å². The van der Waals surface area contributed by atoms with Gasteiger partial charge in [0.1, 0.15) is 24.0 Å². The highest BCUT2D eigenvalue weighted by atomic mass is 16.6. The number of nitrogens with two attached hydrogens (primary N) is 1. The highest BCUT2D eigenvalue weighted by molar-refractivity contribution is 6.01. The Balaban J connectivity index is 1.60. The van der Waals surface area contributed by atoms with Gasteiger partial charge in [0.25, 0.3) is 5.91 Å². The molecule has 2 aromatic carbocycles. The summed E-state index contributed by atoms with van der Waals surface area (Å²) in [7, 11) is 0. The molecule has 2 heterocycles. The van der Waals surface area contributed by atoms with E-state index in [-0.39, 0.29) is 31.8 Å². The molecule has 2 amide bonds. The number of nitrogens with zero attached hydrogens (tertiary/aromatic N) is 3. The topological polar surface area (TPSA) is 154 Å². The van der Waals surface area contributed by atoms with E-state index in [1.807, 2.05) is 0 Å². The van der Waals surface area contributed by atoms with Gasteiger partial charge in [-0.3, -0.25) is 9.59 Å². The number of hydrogen-bond acceptors (Lipinski definition) is 7. The molecule has 1 aromatic heterocycles. The number of rotatable bonds is 8. The number of carboxylic acid groups (broad SMARTS) is 1. The molecule has 0 saturated heterocycles. The van der Waals surface area contributed by atoms with Crippen molar-refractivity contribution in [1.29, 1.82) is 0 Å². The lowest BCUT2D eigenvalue weighted by molar-refractivity contribution is -0.160. The summed E-state index contributed by atoms with van der Waals surface area (Å²) in [6, 6.07) is 10.7. The van der Waals surface area contributed by atoms with E-state index in [0.717, 1.165) is 4.57 Å². The highest BCUT2D eigenvalue weighted by Gasteiger charge is 2.39. The van der Waals surface area contributed by atoms with Crippen LogP contribution in [-0.4, -0.2) is 55.1 Å². The molecule has 0 saturated carbocycles. The fourth-order valence-corrected chi connectivity index (χ4v) is 4.29. The number of benzene rings is 2. The first-order valence-corrected chi connectivity index (χ1v) is 11.7. The van der Waals surface area contributed by atoms with Crippen LogP contribution in [-0.2, 0) is 27.5 Å². The molecule has 3 N–H and O–H groups in total. The van der Waals surface area contributed by atoms with Crippen molar-refractivity contribution in [2.24, 2.45) is 5.73 Å². The average molecular weight is 509 g/mol. The van der Waals surface area contributed by atoms with E-state index in [2.05, 4.69) is 4.98 Å². The van der Waals surface area contributed by atoms with Crippen molar-refractivity contribution in [1.82, 2.24) is 14.5 Å². The first-order chi connectivity index (χ1) is 17.5. The maximum Gasteiger partial charge on any atom is 0.417 e. The number of ether oxygens (including phenoxy) is 2. The summed E-state index contributed by atoms with van der Waals surface area (Å²) in [6.45, 7) is 5.03. The number of para-hydroxylation sites is 2. The molecule has 0 aliphatic carbocycles. The second kappa shape index (κ2) is 9.92. The summed E-state index contributed by atoms with van der Waals surface area (Å²) in [5.41, 5.74) is 6.34. The van der Waals surface area contributed by atoms with Crippen molar-refractivity contribution < 1.29 is 33.8 Å². The fourth-order valence-electron chi connectivity index (χ4n) is 4.29. The number of aromatic nitrogens is 2. The molecule has 0 bridgehead atoms. The number of esters is 1. The van der Waals surface area contributed by atoms with Crippen molar-refractivity contribution >= 4 is 34.9 Å². The summed E-state index contributed by atoms with van der Waals surface area (Å²) in [6.07, 6.45) is -1.27. The van der Waals surface area contributed by atoms with Crippen LogP contribution in [0.15, 0.2) is 42.5 Å². The number of imidazole rings is 1. The van der Waals surface area contributed by atoms with Gasteiger partial charge in [0.2, 0.25) is 5.91 Å². The zero-order chi connectivity index (χ0) is 26.9. The minimum Gasteiger partial charge on any atom is -0.485 e. The molecule has 0 fully saturated rings. The summed E-state index contributed by atoms with van der Waals surface area (Å²) in [5.74, 6) is -1.09. The maximum absolute atomic E-state index is 13.3. The zero-order valence-electron chi connectivity index (χ0n) is 20.8. The van der Waals surface area contributed by atoms with Crippen LogP contribution in [0.5, 0.6) is 5.75 Å². The van der Waals surface area contributed by atoms with Crippen LogP contribution in [0.2, 0.25) is 0 Å². The van der Waals surface area contributed by atoms with Gasteiger partial charge in [0, 0.05) is 17.5 Å². The van der Waals surface area contributed by atoms with E-state index in [1.54, 1.807) is 63.2 Å². The quantitative estimate of drug-likeness (QED) is 0.440. The summed E-state index contributed by atoms with van der Waals surface area (Å²) in [5, 5.41) is 9.70. The molecule has 1 atom stereocenters. The lowest BCUT2D eigenvalue weighted by atomic mass is 10.1. The van der Waals surface area contributed by atoms with Gasteiger partial charge in [0.15, 0.2) is 5.82 Å². The van der Waals surface area contributed by atoms with E-state index < -0.39 is 35.5 Å². The van der Waals surface area contributed by atoms with Gasteiger partial charge in [-0.2, -0.15) is 0 Å². The molecule has 1 aliphatic heterocycles. The lowest BCUT2D eigenvalue weighted by Gasteiger charge is -2.29. The Morgan fingerprint density at radius 1 is 1.14 bits per heavy atom. The van der Waals surface area contributed by atoms with Crippen LogP contribution in [0.25, 0.3) is 11.0 Å². The van der Waals surface area contributed by atoms with Crippen LogP contribution < -0.4 is 10.5 Å². The number of primary amides is 1. The standard InChI is InChI=1S/C26H28N4O7/c1-26(2,3)37-24(33)19(11-12-21(27)31)29-13-16-15(23(29)32)7-6-10-20(16)36-14-22-28-17-8-4-5-9-18(17)30(22)25(34)35/h4-10,19H,11-14H2,1-3H3,(H2,27,31)(H,34,35). The minimum atomic E-state index is -1.19. The van der Waals surface area contributed by atoms with Crippen LogP contribution in [0.1, 0.15) is 55.4 Å². The van der Waals surface area contributed by atoms with Gasteiger partial charge in [-0.25, -0.2) is 19.1 Å². The highest BCUT2D eigenvalue weighted by Crippen LogP contribution is 2.34. The second-order valence-corrected chi connectivity index (χ2v) is 9.69. The number of amides is 2. The zero-order valence-corrected chi connectivity index (χ0v) is 20.8. The Morgan fingerprint density at radius 3 is 2.54 bits per heavy atom. The van der Waals surface area contributed by atoms with E-state index in [0.29, 0.717) is 27.9 Å². The predicted molar refractivity (Wildman–Crippen MR) is 132 cm³/mol. The summed E-state index contributed by atoms with van der Waals surface area (Å²) in [4.78, 5) is 55.3. The third-order valence-corrected chi connectivity index (χ3v) is 5.85. The summed E-state index contributed by atoms with van der Waals surface area (Å²) >= 11 is 0. The smallest absolute Gasteiger partial charge is 0.417 e. The SMILES string of the molecule is CC(C)(C)OC(=O)C(CCC(N)=O)N1Cc2c(OCc3nc4ccccc4n3C(=O)O)cccc2C1=O. The van der Waals surface area contributed by atoms with Crippen molar-refractivity contribution in [2.45, 2.75) is 58.4 Å². The minimum absolute atomic E-state index is 0.0167. The molecule has 3 aromatic rings. The van der Waals surface area contributed by atoms with Gasteiger partial charge in [0.05, 0.1) is 17.6 Å². The Bertz CT molecular complexity index is 1390. The first kappa shape index (κ1) is 25.7. The van der Waals surface area contributed by atoms with E-state index in [9.17, 15) is 24.3 Å². The van der Waals surface area contributed by atoms with Crippen LogP contribution in [0.4, 0.5) is 4.79 Å². The number of carbonyl (C=O) groups is 4. The predicted octanol–water partition coefficient (Wildman–Crippen LogP) is 3.07. The molecule has 4 rings (SSSR count). The van der Waals surface area contributed by atoms with Crippen molar-refractivity contribution in [3.63, 3.8) is 0 Å². The second-order valence-electron chi connectivity index (χ2n) is 9.69. The normalized spacial score (nSPS) is 13.9. The molecule has 37 heavy (non-hydrogen) atoms. The molecule has 1 aliphatic rings. The van der Waals surface area contributed by atoms with E-state index in [1.165, 1.54) is 4.90 Å². The number of hydrogen-bond donors (Lipinski definition) is 2. The number of fused-ring (bicyclic) bond motifs is 2. The largest absolute Gasteiger partial charge is 0.485 e. The van der Waals surface area contributed by atoms with Gasteiger partial charge in [-0.15, -0.1) is 0 Å². The third-order valence-electron chi connectivity index (χ3n) is 5.85. The average Bonchev–Trinajstić information content (AvgIpc) is 3.35. The van der Waals surface area contributed by atoms with E-state index in [4.69, 9.17) is 15.2 Å². The lowest BCUT2D eigenvalue weighted by Crippen LogP contribution is -2.45. The molecule has 11 nitrogen and oxygen atoms in total. The van der Waals surface area contributed by atoms with Gasteiger partial charge >= 0.3 is 12.1 Å². The molecule has 0 spiro atoms. The fraction of sp³-hybridized carbons (Fsp3) is 0.346. The Labute approximate surface area is 212 Å². The molecular formula is C26H28N4O7. The van der Waals surface area contributed by atoms with Crippen LogP contribution in [0.3, 0.4) is 0 Å². The van der Waals surface area contributed by atoms with Crippen molar-refractivity contribution in [3.05, 3.63) is 59.4 Å². The molecule has 1 unspecified atom stereocenters. The Hall–Kier alpha value is -4.41. The number of carbonyl (C=O) groups excluding carboxylic acids is 3. The van der Waals surface area contributed by atoms with Gasteiger partial charge in [-0.05, 0) is 51.5 Å². The third kappa shape index (κ3) is 5.40. The summed E-state index contributed by atoms with van der Waals surface area (Å²) < 4.78 is 12.5. The van der Waals surface area contributed by atoms with Gasteiger partial charge < -0.3 is 25.2 Å². The molecule has 11 heteroatoms.